The van der Waals surface area contributed by atoms with Gasteiger partial charge in [-0.3, -0.25) is 9.59 Å². The first-order valence-corrected chi connectivity index (χ1v) is 7.30. The Morgan fingerprint density at radius 2 is 1.94 bits per heavy atom. The third-order valence-corrected chi connectivity index (χ3v) is 4.46. The first kappa shape index (κ1) is 12.0. The Morgan fingerprint density at radius 3 is 2.61 bits per heavy atom. The van der Waals surface area contributed by atoms with Gasteiger partial charge in [-0.05, 0) is 31.6 Å². The number of hydrogen-bond acceptors (Lipinski definition) is 2. The highest BCUT2D eigenvalue weighted by atomic mass is 16.2. The monoisotopic (exact) mass is 250 g/mol. The van der Waals surface area contributed by atoms with Crippen LogP contribution in [0.5, 0.6) is 0 Å². The van der Waals surface area contributed by atoms with E-state index in [1.807, 2.05) is 4.90 Å². The fourth-order valence-corrected chi connectivity index (χ4v) is 3.13. The molecule has 3 fully saturated rings. The lowest BCUT2D eigenvalue weighted by Gasteiger charge is -2.17. The zero-order chi connectivity index (χ0) is 12.5. The molecule has 1 N–H and O–H groups in total. The minimum Gasteiger partial charge on any atom is -0.353 e. The summed E-state index contributed by atoms with van der Waals surface area (Å²) >= 11 is 0. The van der Waals surface area contributed by atoms with E-state index in [1.54, 1.807) is 0 Å². The maximum Gasteiger partial charge on any atom is 0.225 e. The molecule has 0 aromatic rings. The number of hydrogen-bond donors (Lipinski definition) is 1. The minimum absolute atomic E-state index is 0.100. The molecule has 0 bridgehead atoms. The Hall–Kier alpha value is -1.06. The molecular weight excluding hydrogens is 228 g/mol. The van der Waals surface area contributed by atoms with Gasteiger partial charge in [0.25, 0.3) is 0 Å². The number of carbonyl (C=O) groups excluding carboxylic acids is 2. The lowest BCUT2D eigenvalue weighted by molar-refractivity contribution is -0.129. The van der Waals surface area contributed by atoms with Crippen LogP contribution in [0.25, 0.3) is 0 Å². The molecule has 18 heavy (non-hydrogen) atoms. The Balaban J connectivity index is 1.49. The van der Waals surface area contributed by atoms with E-state index in [4.69, 9.17) is 0 Å². The smallest absolute Gasteiger partial charge is 0.225 e. The molecule has 0 radical (unpaired) electrons. The molecule has 2 amide bonds. The van der Waals surface area contributed by atoms with Crippen LogP contribution in [-0.2, 0) is 9.59 Å². The summed E-state index contributed by atoms with van der Waals surface area (Å²) in [6, 6.07) is 0.366. The summed E-state index contributed by atoms with van der Waals surface area (Å²) < 4.78 is 0. The minimum atomic E-state index is -0.100. The predicted octanol–water partition coefficient (Wildman–Crippen LogP) is 1.30. The van der Waals surface area contributed by atoms with Crippen LogP contribution < -0.4 is 5.32 Å². The molecule has 4 nitrogen and oxygen atoms in total. The largest absolute Gasteiger partial charge is 0.353 e. The van der Waals surface area contributed by atoms with Crippen LogP contribution in [-0.4, -0.2) is 35.8 Å². The lowest BCUT2D eigenvalue weighted by Crippen LogP contribution is -2.38. The summed E-state index contributed by atoms with van der Waals surface area (Å²) in [6.45, 7) is 1.53. The topological polar surface area (TPSA) is 49.4 Å². The first-order chi connectivity index (χ1) is 8.72. The molecule has 1 saturated heterocycles. The van der Waals surface area contributed by atoms with E-state index in [9.17, 15) is 9.59 Å². The van der Waals surface area contributed by atoms with Crippen LogP contribution in [0.15, 0.2) is 0 Å². The Bertz CT molecular complexity index is 346. The second-order valence-electron chi connectivity index (χ2n) is 6.13. The standard InChI is InChI=1S/C14H22N2O2/c17-13-7-11(9-16(13)8-10-5-6-10)14(18)15-12-3-1-2-4-12/h10-12H,1-9H2,(H,15,18)/t11-/m1/s1. The maximum absolute atomic E-state index is 12.1. The highest BCUT2D eigenvalue weighted by molar-refractivity contribution is 5.89. The zero-order valence-corrected chi connectivity index (χ0v) is 10.9. The lowest BCUT2D eigenvalue weighted by atomic mass is 10.1. The summed E-state index contributed by atoms with van der Waals surface area (Å²) in [4.78, 5) is 25.8. The van der Waals surface area contributed by atoms with Gasteiger partial charge in [-0.15, -0.1) is 0 Å². The van der Waals surface area contributed by atoms with Gasteiger partial charge in [0.1, 0.15) is 0 Å². The quantitative estimate of drug-likeness (QED) is 0.817. The van der Waals surface area contributed by atoms with Gasteiger partial charge < -0.3 is 10.2 Å². The van der Waals surface area contributed by atoms with Crippen molar-refractivity contribution in [3.8, 4) is 0 Å². The van der Waals surface area contributed by atoms with Gasteiger partial charge in [0.05, 0.1) is 5.92 Å². The molecule has 2 saturated carbocycles. The molecular formula is C14H22N2O2. The summed E-state index contributed by atoms with van der Waals surface area (Å²) in [6.07, 6.45) is 7.60. The molecule has 1 atom stereocenters. The van der Waals surface area contributed by atoms with Crippen molar-refractivity contribution in [3.63, 3.8) is 0 Å². The highest BCUT2D eigenvalue weighted by Crippen LogP contribution is 2.32. The fourth-order valence-electron chi connectivity index (χ4n) is 3.13. The average Bonchev–Trinajstić information content (AvgIpc) is 2.86. The van der Waals surface area contributed by atoms with Crippen LogP contribution in [0.1, 0.15) is 44.9 Å². The normalized spacial score (nSPS) is 29.0. The van der Waals surface area contributed by atoms with E-state index in [0.29, 0.717) is 24.9 Å². The molecule has 0 unspecified atom stereocenters. The van der Waals surface area contributed by atoms with E-state index < -0.39 is 0 Å². The number of likely N-dealkylation sites (tertiary alicyclic amines) is 1. The van der Waals surface area contributed by atoms with Gasteiger partial charge in [-0.1, -0.05) is 12.8 Å². The molecule has 2 aliphatic carbocycles. The van der Waals surface area contributed by atoms with Crippen LogP contribution >= 0.6 is 0 Å². The van der Waals surface area contributed by atoms with Crippen molar-refractivity contribution in [3.05, 3.63) is 0 Å². The van der Waals surface area contributed by atoms with Gasteiger partial charge in [-0.2, -0.15) is 0 Å². The molecule has 1 heterocycles. The molecule has 3 aliphatic rings. The van der Waals surface area contributed by atoms with Crippen molar-refractivity contribution in [2.45, 2.75) is 51.0 Å². The molecule has 1 aliphatic heterocycles. The number of carbonyl (C=O) groups is 2. The van der Waals surface area contributed by atoms with Crippen LogP contribution in [0.4, 0.5) is 0 Å². The van der Waals surface area contributed by atoms with Crippen molar-refractivity contribution in [2.24, 2.45) is 11.8 Å². The third kappa shape index (κ3) is 2.68. The number of nitrogens with one attached hydrogen (secondary N) is 1. The van der Waals surface area contributed by atoms with Gasteiger partial charge >= 0.3 is 0 Å². The van der Waals surface area contributed by atoms with E-state index in [1.165, 1.54) is 25.7 Å². The predicted molar refractivity (Wildman–Crippen MR) is 67.8 cm³/mol. The fraction of sp³-hybridized carbons (Fsp3) is 0.857. The second-order valence-corrected chi connectivity index (χ2v) is 6.13. The molecule has 3 rings (SSSR count). The van der Waals surface area contributed by atoms with Gasteiger partial charge in [-0.25, -0.2) is 0 Å². The van der Waals surface area contributed by atoms with Crippen LogP contribution in [0.3, 0.4) is 0 Å². The van der Waals surface area contributed by atoms with Gasteiger partial charge in [0.15, 0.2) is 0 Å². The van der Waals surface area contributed by atoms with Crippen LogP contribution in [0.2, 0.25) is 0 Å². The van der Waals surface area contributed by atoms with Crippen molar-refractivity contribution in [1.82, 2.24) is 10.2 Å². The SMILES string of the molecule is O=C(NC1CCCC1)[C@@H]1CC(=O)N(CC2CC2)C1. The van der Waals surface area contributed by atoms with Crippen molar-refractivity contribution >= 4 is 11.8 Å². The van der Waals surface area contributed by atoms with Crippen LogP contribution in [0, 0.1) is 11.8 Å². The van der Waals surface area contributed by atoms with Gasteiger partial charge in [0.2, 0.25) is 11.8 Å². The molecule has 0 spiro atoms. The zero-order valence-electron chi connectivity index (χ0n) is 10.9. The molecule has 0 aromatic heterocycles. The van der Waals surface area contributed by atoms with E-state index in [2.05, 4.69) is 5.32 Å². The van der Waals surface area contributed by atoms with Crippen molar-refractivity contribution in [1.29, 1.82) is 0 Å². The van der Waals surface area contributed by atoms with Crippen molar-refractivity contribution in [2.75, 3.05) is 13.1 Å². The average molecular weight is 250 g/mol. The highest BCUT2D eigenvalue weighted by Gasteiger charge is 2.37. The van der Waals surface area contributed by atoms with E-state index >= 15 is 0 Å². The Labute approximate surface area is 108 Å². The Kier molecular flexibility index (Phi) is 3.27. The van der Waals surface area contributed by atoms with E-state index in [-0.39, 0.29) is 17.7 Å². The number of rotatable bonds is 4. The summed E-state index contributed by atoms with van der Waals surface area (Å²) in [5, 5.41) is 3.11. The van der Waals surface area contributed by atoms with Gasteiger partial charge in [0, 0.05) is 25.6 Å². The van der Waals surface area contributed by atoms with E-state index in [0.717, 1.165) is 19.4 Å². The number of nitrogens with zero attached hydrogens (tertiary/aromatic N) is 1. The summed E-state index contributed by atoms with van der Waals surface area (Å²) in [5.74, 6) is 0.893. The molecule has 0 aromatic carbocycles. The first-order valence-electron chi connectivity index (χ1n) is 7.30. The summed E-state index contributed by atoms with van der Waals surface area (Å²) in [7, 11) is 0. The number of amides is 2. The third-order valence-electron chi connectivity index (χ3n) is 4.46. The molecule has 4 heteroatoms. The second kappa shape index (κ2) is 4.90. The Morgan fingerprint density at radius 1 is 1.22 bits per heavy atom. The van der Waals surface area contributed by atoms with Crippen molar-refractivity contribution < 1.29 is 9.59 Å². The summed E-state index contributed by atoms with van der Waals surface area (Å²) in [5.41, 5.74) is 0. The molecule has 100 valence electrons. The maximum atomic E-state index is 12.1.